The molecule has 0 spiro atoms. The van der Waals surface area contributed by atoms with Gasteiger partial charge in [0.1, 0.15) is 23.0 Å². The van der Waals surface area contributed by atoms with Crippen LogP contribution in [-0.2, 0) is 4.52 Å². The van der Waals surface area contributed by atoms with E-state index >= 15 is 0 Å². The van der Waals surface area contributed by atoms with Crippen LogP contribution in [-0.4, -0.2) is 0 Å². The minimum Gasteiger partial charge on any atom is -0.432 e. The fraction of sp³-hybridized carbons (Fsp3) is 0.0833. The second-order valence-corrected chi connectivity index (χ2v) is 9.94. The van der Waals surface area contributed by atoms with Crippen LogP contribution in [0.2, 0.25) is 0 Å². The zero-order valence-electron chi connectivity index (χ0n) is 17.3. The van der Waals surface area contributed by atoms with Crippen LogP contribution in [0.15, 0.2) is 119 Å². The Morgan fingerprint density at radius 1 is 0.688 bits per heavy atom. The van der Waals surface area contributed by atoms with Gasteiger partial charge in [0.05, 0.1) is 0 Å². The predicted octanol–water partition coefficient (Wildman–Crippen LogP) is 8.23. The molecule has 1 unspecified atom stereocenters. The van der Waals surface area contributed by atoms with Crippen LogP contribution in [0.1, 0.15) is 12.8 Å². The highest BCUT2D eigenvalue weighted by Gasteiger charge is 2.26. The van der Waals surface area contributed by atoms with E-state index in [9.17, 15) is 0 Å². The summed E-state index contributed by atoms with van der Waals surface area (Å²) in [6.07, 6.45) is 7.58. The van der Waals surface area contributed by atoms with Gasteiger partial charge in [-0.15, -0.1) is 4.52 Å². The van der Waals surface area contributed by atoms with E-state index < -0.39 is 15.8 Å². The summed E-state index contributed by atoms with van der Waals surface area (Å²) in [7, 11) is -5.93. The normalized spacial score (nSPS) is 14.7. The topological polar surface area (TPSA) is 73.1 Å². The molecule has 0 saturated carbocycles. The maximum atomic E-state index is 9.05. The van der Waals surface area contributed by atoms with E-state index in [4.69, 9.17) is 23.3 Å². The predicted molar refractivity (Wildman–Crippen MR) is 129 cm³/mol. The Bertz CT molecular complexity index is 1110. The summed E-state index contributed by atoms with van der Waals surface area (Å²) in [4.78, 5) is 0. The number of nitrogens with zero attached hydrogens (tertiary/aromatic N) is 1. The summed E-state index contributed by atoms with van der Waals surface area (Å²) < 4.78 is 28.7. The van der Waals surface area contributed by atoms with Crippen LogP contribution in [0.5, 0.6) is 17.2 Å². The minimum atomic E-state index is -3.54. The molecule has 1 atom stereocenters. The van der Waals surface area contributed by atoms with E-state index in [1.54, 1.807) is 12.1 Å². The van der Waals surface area contributed by atoms with Crippen LogP contribution in [0, 0.1) is 5.16 Å². The van der Waals surface area contributed by atoms with Crippen molar-refractivity contribution < 1.29 is 18.1 Å². The Morgan fingerprint density at radius 2 is 1.22 bits per heavy atom. The molecule has 1 N–H and O–H groups in total. The summed E-state index contributed by atoms with van der Waals surface area (Å²) in [6.45, 7) is 0. The smallest absolute Gasteiger partial charge is 0.432 e. The highest BCUT2D eigenvalue weighted by molar-refractivity contribution is 7.60. The Labute approximate surface area is 188 Å². The monoisotopic (exact) mass is 466 g/mol. The van der Waals surface area contributed by atoms with Crippen molar-refractivity contribution in [1.82, 2.24) is 0 Å². The second-order valence-electron chi connectivity index (χ2n) is 6.80. The average molecular weight is 466 g/mol. The van der Waals surface area contributed by atoms with Crippen LogP contribution < -0.4 is 13.6 Å². The van der Waals surface area contributed by atoms with Crippen LogP contribution in [0.25, 0.3) is 0 Å². The maximum absolute atomic E-state index is 9.05. The van der Waals surface area contributed by atoms with Crippen molar-refractivity contribution in [3.05, 3.63) is 115 Å². The number of benzene rings is 3. The third-order valence-corrected chi connectivity index (χ3v) is 7.72. The number of nitrogens with one attached hydrogen (secondary N) is 1. The van der Waals surface area contributed by atoms with Gasteiger partial charge in [-0.25, -0.2) is 5.16 Å². The van der Waals surface area contributed by atoms with Crippen molar-refractivity contribution in [2.45, 2.75) is 12.8 Å². The van der Waals surface area contributed by atoms with Crippen LogP contribution in [0.4, 0.5) is 0 Å². The molecule has 0 amide bonds. The Morgan fingerprint density at radius 3 is 1.72 bits per heavy atom. The van der Waals surface area contributed by atoms with Gasteiger partial charge in [-0.2, -0.15) is 0 Å². The average Bonchev–Trinajstić information content (AvgIpc) is 2.81. The molecule has 1 aliphatic rings. The molecular formula is C24H24N2O4P2. The molecule has 3 aromatic carbocycles. The SMILES string of the molecule is N=P(N=[PH](Oc1ccccc1)Oc1ccccc1)(OC1=CCCC=C1)Oc1ccccc1. The van der Waals surface area contributed by atoms with E-state index in [0.717, 1.165) is 12.8 Å². The third-order valence-electron chi connectivity index (χ3n) is 4.27. The minimum absolute atomic E-state index is 0.501. The summed E-state index contributed by atoms with van der Waals surface area (Å²) in [6, 6.07) is 27.7. The van der Waals surface area contributed by atoms with Gasteiger partial charge in [0.2, 0.25) is 0 Å². The number of hydrogen-bond donors (Lipinski definition) is 1. The van der Waals surface area contributed by atoms with E-state index in [1.165, 1.54) is 0 Å². The zero-order valence-corrected chi connectivity index (χ0v) is 19.2. The first-order valence-electron chi connectivity index (χ1n) is 10.2. The molecule has 4 rings (SSSR count). The molecule has 0 aromatic heterocycles. The lowest BCUT2D eigenvalue weighted by Crippen LogP contribution is -1.98. The molecular weight excluding hydrogens is 442 g/mol. The fourth-order valence-electron chi connectivity index (χ4n) is 2.83. The van der Waals surface area contributed by atoms with Crippen molar-refractivity contribution in [3.63, 3.8) is 0 Å². The van der Waals surface area contributed by atoms with Crippen molar-refractivity contribution >= 4 is 15.8 Å². The molecule has 0 heterocycles. The standard InChI is InChI=1S/C24H24N2O4P2/c25-32(29-23-17-9-3-10-18-23,30-24-19-11-4-12-20-24)26-31(27-21-13-5-1-6-14-21)28-22-15-7-2-8-16-22/h1-3,5-11,13-20,25,31H,4,12H2. The van der Waals surface area contributed by atoms with Crippen molar-refractivity contribution in [3.8, 4) is 17.2 Å². The summed E-state index contributed by atoms with van der Waals surface area (Å²) in [5.41, 5.74) is 0. The van der Waals surface area contributed by atoms with Gasteiger partial charge in [0.15, 0.2) is 0 Å². The molecule has 3 aromatic rings. The van der Waals surface area contributed by atoms with Gasteiger partial charge in [-0.1, -0.05) is 60.7 Å². The van der Waals surface area contributed by atoms with Crippen molar-refractivity contribution in [1.29, 1.82) is 5.16 Å². The Hall–Kier alpha value is -3.20. The zero-order chi connectivity index (χ0) is 22.1. The number of allylic oxidation sites excluding steroid dienone is 3. The molecule has 6 nitrogen and oxygen atoms in total. The molecule has 0 saturated heterocycles. The quantitative estimate of drug-likeness (QED) is 0.322. The molecule has 0 bridgehead atoms. The molecule has 0 radical (unpaired) electrons. The summed E-state index contributed by atoms with van der Waals surface area (Å²) >= 11 is 0. The van der Waals surface area contributed by atoms with Gasteiger partial charge in [0, 0.05) is 0 Å². The van der Waals surface area contributed by atoms with E-state index in [2.05, 4.69) is 4.52 Å². The lowest BCUT2D eigenvalue weighted by molar-refractivity contribution is 0.398. The van der Waals surface area contributed by atoms with Gasteiger partial charge in [-0.05, 0) is 61.4 Å². The highest BCUT2D eigenvalue weighted by Crippen LogP contribution is 2.58. The first-order chi connectivity index (χ1) is 15.7. The molecule has 8 heteroatoms. The van der Waals surface area contributed by atoms with E-state index in [0.29, 0.717) is 23.0 Å². The van der Waals surface area contributed by atoms with Crippen molar-refractivity contribution in [2.24, 2.45) is 4.52 Å². The van der Waals surface area contributed by atoms with Gasteiger partial charge in [-0.3, -0.25) is 0 Å². The maximum Gasteiger partial charge on any atom is 0.445 e. The largest absolute Gasteiger partial charge is 0.445 e. The molecule has 0 fully saturated rings. The Balaban J connectivity index is 1.69. The van der Waals surface area contributed by atoms with Gasteiger partial charge < -0.3 is 18.1 Å². The summed E-state index contributed by atoms with van der Waals surface area (Å²) in [5.74, 6) is 2.27. The highest BCUT2D eigenvalue weighted by atomic mass is 31.2. The molecule has 32 heavy (non-hydrogen) atoms. The number of para-hydroxylation sites is 3. The van der Waals surface area contributed by atoms with Crippen molar-refractivity contribution in [2.75, 3.05) is 0 Å². The van der Waals surface area contributed by atoms with E-state index in [-0.39, 0.29) is 0 Å². The van der Waals surface area contributed by atoms with Gasteiger partial charge in [0.25, 0.3) is 0 Å². The molecule has 1 aliphatic carbocycles. The van der Waals surface area contributed by atoms with E-state index in [1.807, 2.05) is 97.1 Å². The second kappa shape index (κ2) is 10.9. The number of hydrogen-bond acceptors (Lipinski definition) is 5. The van der Waals surface area contributed by atoms with Gasteiger partial charge >= 0.3 is 15.8 Å². The number of rotatable bonds is 9. The lowest BCUT2D eigenvalue weighted by atomic mass is 10.2. The summed E-state index contributed by atoms with van der Waals surface area (Å²) in [5, 5.41) is 9.05. The molecule has 0 aliphatic heterocycles. The fourth-order valence-corrected chi connectivity index (χ4v) is 5.93. The third kappa shape index (κ3) is 6.65. The lowest BCUT2D eigenvalue weighted by Gasteiger charge is -2.22. The Kier molecular flexibility index (Phi) is 7.50. The first kappa shape index (κ1) is 22.0. The van der Waals surface area contributed by atoms with Crippen LogP contribution in [0.3, 0.4) is 0 Å². The van der Waals surface area contributed by atoms with Crippen LogP contribution >= 0.6 is 15.8 Å². The first-order valence-corrected chi connectivity index (χ1v) is 13.0. The molecule has 164 valence electrons.